The minimum atomic E-state index is -0.213. The maximum absolute atomic E-state index is 12.0. The summed E-state index contributed by atoms with van der Waals surface area (Å²) >= 11 is 0. The van der Waals surface area contributed by atoms with Gasteiger partial charge in [-0.05, 0) is 36.1 Å². The van der Waals surface area contributed by atoms with E-state index in [1.54, 1.807) is 6.21 Å². The van der Waals surface area contributed by atoms with E-state index in [2.05, 4.69) is 15.8 Å². The van der Waals surface area contributed by atoms with Crippen molar-refractivity contribution in [1.82, 2.24) is 5.43 Å². The lowest BCUT2D eigenvalue weighted by Gasteiger charge is -2.08. The predicted octanol–water partition coefficient (Wildman–Crippen LogP) is 3.80. The summed E-state index contributed by atoms with van der Waals surface area (Å²) in [6, 6.07) is 21.5. The van der Waals surface area contributed by atoms with Crippen LogP contribution in [0.25, 0.3) is 10.8 Å². The van der Waals surface area contributed by atoms with Gasteiger partial charge in [0.2, 0.25) is 0 Å². The average molecular weight is 347 g/mol. The predicted molar refractivity (Wildman–Crippen MR) is 106 cm³/mol. The molecule has 0 aliphatic rings. The number of carbonyl (C=O) groups excluding carboxylic acids is 1. The zero-order valence-electron chi connectivity index (χ0n) is 14.6. The van der Waals surface area contributed by atoms with E-state index in [9.17, 15) is 4.79 Å². The first-order chi connectivity index (χ1) is 12.8. The summed E-state index contributed by atoms with van der Waals surface area (Å²) in [7, 11) is 0. The number of hydrogen-bond acceptors (Lipinski definition) is 4. The zero-order valence-corrected chi connectivity index (χ0v) is 14.6. The van der Waals surface area contributed by atoms with Crippen LogP contribution in [0, 0.1) is 0 Å². The summed E-state index contributed by atoms with van der Waals surface area (Å²) in [6.07, 6.45) is 1.60. The molecule has 0 bridgehead atoms. The summed E-state index contributed by atoms with van der Waals surface area (Å²) in [4.78, 5) is 12.0. The van der Waals surface area contributed by atoms with E-state index in [4.69, 9.17) is 4.74 Å². The molecule has 26 heavy (non-hydrogen) atoms. The number of carbonyl (C=O) groups is 1. The van der Waals surface area contributed by atoms with Crippen LogP contribution in [-0.4, -0.2) is 25.3 Å². The van der Waals surface area contributed by atoms with Gasteiger partial charge < -0.3 is 10.1 Å². The summed E-state index contributed by atoms with van der Waals surface area (Å²) in [6.45, 7) is 2.69. The average Bonchev–Trinajstić information content (AvgIpc) is 2.67. The van der Waals surface area contributed by atoms with Gasteiger partial charge in [-0.15, -0.1) is 0 Å². The van der Waals surface area contributed by atoms with Crippen molar-refractivity contribution in [3.8, 4) is 5.75 Å². The number of fused-ring (bicyclic) bond motifs is 1. The molecule has 3 aromatic carbocycles. The molecule has 0 saturated carbocycles. The molecule has 132 valence electrons. The highest BCUT2D eigenvalue weighted by Gasteiger charge is 2.03. The Morgan fingerprint density at radius 2 is 1.88 bits per heavy atom. The van der Waals surface area contributed by atoms with Crippen molar-refractivity contribution in [3.63, 3.8) is 0 Å². The Kier molecular flexibility index (Phi) is 5.83. The van der Waals surface area contributed by atoms with Gasteiger partial charge in [-0.3, -0.25) is 4.79 Å². The van der Waals surface area contributed by atoms with E-state index < -0.39 is 0 Å². The minimum Gasteiger partial charge on any atom is -0.494 e. The Bertz CT molecular complexity index is 917. The van der Waals surface area contributed by atoms with Gasteiger partial charge in [0, 0.05) is 11.1 Å². The summed E-state index contributed by atoms with van der Waals surface area (Å²) < 4.78 is 5.44. The molecule has 3 aromatic rings. The van der Waals surface area contributed by atoms with Crippen molar-refractivity contribution in [1.29, 1.82) is 0 Å². The molecule has 0 aliphatic heterocycles. The van der Waals surface area contributed by atoms with E-state index in [1.165, 1.54) is 0 Å². The van der Waals surface area contributed by atoms with Crippen LogP contribution in [0.3, 0.4) is 0 Å². The smallest absolute Gasteiger partial charge is 0.259 e. The van der Waals surface area contributed by atoms with Gasteiger partial charge in [-0.25, -0.2) is 5.43 Å². The van der Waals surface area contributed by atoms with E-state index in [0.29, 0.717) is 6.61 Å². The van der Waals surface area contributed by atoms with Crippen LogP contribution in [0.4, 0.5) is 5.69 Å². The third kappa shape index (κ3) is 4.60. The molecule has 2 N–H and O–H groups in total. The molecule has 0 fully saturated rings. The lowest BCUT2D eigenvalue weighted by Crippen LogP contribution is -2.25. The Labute approximate surface area is 152 Å². The molecule has 0 spiro atoms. The first-order valence-electron chi connectivity index (χ1n) is 8.52. The summed E-state index contributed by atoms with van der Waals surface area (Å²) in [5.41, 5.74) is 4.31. The molecule has 0 aliphatic carbocycles. The fourth-order valence-corrected chi connectivity index (χ4v) is 2.62. The third-order valence-corrected chi connectivity index (χ3v) is 3.80. The van der Waals surface area contributed by atoms with E-state index in [-0.39, 0.29) is 12.5 Å². The molecule has 3 rings (SSSR count). The second kappa shape index (κ2) is 8.67. The molecule has 5 nitrogen and oxygen atoms in total. The monoisotopic (exact) mass is 347 g/mol. The van der Waals surface area contributed by atoms with Crippen LogP contribution in [0.15, 0.2) is 71.8 Å². The number of ether oxygens (including phenoxy) is 1. The number of benzene rings is 3. The number of anilines is 1. The molecular formula is C21H21N3O2. The fraction of sp³-hybridized carbons (Fsp3) is 0.143. The quantitative estimate of drug-likeness (QED) is 0.505. The number of amides is 1. The second-order valence-electron chi connectivity index (χ2n) is 5.68. The topological polar surface area (TPSA) is 62.7 Å². The van der Waals surface area contributed by atoms with E-state index in [0.717, 1.165) is 27.8 Å². The Balaban J connectivity index is 1.55. The lowest BCUT2D eigenvalue weighted by atomic mass is 10.1. The number of rotatable bonds is 7. The standard InChI is InChI=1S/C21H21N3O2/c1-2-26-18-10-5-7-16(13-18)14-23-24-21(25)15-22-20-12-6-9-17-8-3-4-11-19(17)20/h3-14,22H,2,15H2,1H3,(H,24,25)/b23-14-. The maximum Gasteiger partial charge on any atom is 0.259 e. The van der Waals surface area contributed by atoms with Crippen LogP contribution >= 0.6 is 0 Å². The maximum atomic E-state index is 12.0. The van der Waals surface area contributed by atoms with Gasteiger partial charge >= 0.3 is 0 Å². The number of nitrogens with zero attached hydrogens (tertiary/aromatic N) is 1. The van der Waals surface area contributed by atoms with Crippen molar-refractivity contribution >= 4 is 28.6 Å². The van der Waals surface area contributed by atoms with Crippen LogP contribution < -0.4 is 15.5 Å². The van der Waals surface area contributed by atoms with Gasteiger partial charge in [0.25, 0.3) is 5.91 Å². The minimum absolute atomic E-state index is 0.143. The Morgan fingerprint density at radius 1 is 1.08 bits per heavy atom. The van der Waals surface area contributed by atoms with Gasteiger partial charge in [-0.1, -0.05) is 48.5 Å². The van der Waals surface area contributed by atoms with Crippen molar-refractivity contribution in [2.24, 2.45) is 5.10 Å². The zero-order chi connectivity index (χ0) is 18.2. The largest absolute Gasteiger partial charge is 0.494 e. The highest BCUT2D eigenvalue weighted by Crippen LogP contribution is 2.22. The molecule has 0 heterocycles. The van der Waals surface area contributed by atoms with Crippen LogP contribution in [0.1, 0.15) is 12.5 Å². The summed E-state index contributed by atoms with van der Waals surface area (Å²) in [5.74, 6) is 0.565. The normalized spacial score (nSPS) is 10.8. The molecular weight excluding hydrogens is 326 g/mol. The molecule has 0 radical (unpaired) electrons. The van der Waals surface area contributed by atoms with Crippen LogP contribution in [0.5, 0.6) is 5.75 Å². The SMILES string of the molecule is CCOc1cccc(/C=N\NC(=O)CNc2cccc3ccccc23)c1. The second-order valence-corrected chi connectivity index (χ2v) is 5.68. The Morgan fingerprint density at radius 3 is 2.77 bits per heavy atom. The van der Waals surface area contributed by atoms with E-state index in [1.807, 2.05) is 73.7 Å². The van der Waals surface area contributed by atoms with Gasteiger partial charge in [0.1, 0.15) is 5.75 Å². The summed E-state index contributed by atoms with van der Waals surface area (Å²) in [5, 5.41) is 9.37. The first-order valence-corrected chi connectivity index (χ1v) is 8.52. The first kappa shape index (κ1) is 17.5. The van der Waals surface area contributed by atoms with Crippen molar-refractivity contribution in [2.75, 3.05) is 18.5 Å². The van der Waals surface area contributed by atoms with E-state index >= 15 is 0 Å². The molecule has 0 atom stereocenters. The molecule has 0 unspecified atom stereocenters. The molecule has 0 aromatic heterocycles. The van der Waals surface area contributed by atoms with Gasteiger partial charge in [0.05, 0.1) is 19.4 Å². The number of hydrazone groups is 1. The molecule has 1 amide bonds. The number of hydrogen-bond donors (Lipinski definition) is 2. The van der Waals surface area contributed by atoms with Gasteiger partial charge in [-0.2, -0.15) is 5.10 Å². The van der Waals surface area contributed by atoms with Crippen molar-refractivity contribution < 1.29 is 9.53 Å². The lowest BCUT2D eigenvalue weighted by molar-refractivity contribution is -0.119. The number of nitrogens with one attached hydrogen (secondary N) is 2. The highest BCUT2D eigenvalue weighted by molar-refractivity contribution is 5.95. The van der Waals surface area contributed by atoms with Crippen LogP contribution in [0.2, 0.25) is 0 Å². The fourth-order valence-electron chi connectivity index (χ4n) is 2.62. The van der Waals surface area contributed by atoms with Crippen molar-refractivity contribution in [3.05, 3.63) is 72.3 Å². The Hall–Kier alpha value is -3.34. The van der Waals surface area contributed by atoms with Crippen LogP contribution in [-0.2, 0) is 4.79 Å². The highest BCUT2D eigenvalue weighted by atomic mass is 16.5. The molecule has 5 heteroatoms. The van der Waals surface area contributed by atoms with Gasteiger partial charge in [0.15, 0.2) is 0 Å². The molecule has 0 saturated heterocycles. The third-order valence-electron chi connectivity index (χ3n) is 3.80. The van der Waals surface area contributed by atoms with Crippen molar-refractivity contribution in [2.45, 2.75) is 6.92 Å².